The zero-order valence-electron chi connectivity index (χ0n) is 14.8. The second kappa shape index (κ2) is 9.99. The molecule has 1 aromatic heterocycles. The summed E-state index contributed by atoms with van der Waals surface area (Å²) in [5.74, 6) is 0. The lowest BCUT2D eigenvalue weighted by Gasteiger charge is -2.18. The highest BCUT2D eigenvalue weighted by Crippen LogP contribution is 2.17. The van der Waals surface area contributed by atoms with Crippen LogP contribution in [0.2, 0.25) is 0 Å². The molecule has 122 valence electrons. The Bertz CT molecular complexity index is 395. The minimum Gasteiger partial charge on any atom is -0.314 e. The van der Waals surface area contributed by atoms with Crippen LogP contribution in [-0.4, -0.2) is 22.4 Å². The van der Waals surface area contributed by atoms with Gasteiger partial charge in [0.2, 0.25) is 0 Å². The summed E-state index contributed by atoms with van der Waals surface area (Å²) >= 11 is 0. The van der Waals surface area contributed by atoms with Gasteiger partial charge in [-0.05, 0) is 45.2 Å². The third-order valence-corrected chi connectivity index (χ3v) is 4.55. The molecule has 0 aliphatic rings. The van der Waals surface area contributed by atoms with Crippen molar-refractivity contribution in [1.29, 1.82) is 0 Å². The molecule has 0 radical (unpaired) electrons. The first kappa shape index (κ1) is 18.2. The van der Waals surface area contributed by atoms with Gasteiger partial charge in [-0.25, -0.2) is 0 Å². The monoisotopic (exact) mass is 293 g/mol. The van der Waals surface area contributed by atoms with Crippen molar-refractivity contribution >= 4 is 0 Å². The van der Waals surface area contributed by atoms with E-state index in [1.54, 1.807) is 0 Å². The molecular weight excluding hydrogens is 258 g/mol. The third kappa shape index (κ3) is 6.21. The number of hydrogen-bond acceptors (Lipinski definition) is 2. The van der Waals surface area contributed by atoms with Gasteiger partial charge >= 0.3 is 0 Å². The fraction of sp³-hybridized carbons (Fsp3) is 0.833. The van der Waals surface area contributed by atoms with E-state index in [1.807, 2.05) is 11.7 Å². The smallest absolute Gasteiger partial charge is 0.0628 e. The molecule has 1 heterocycles. The van der Waals surface area contributed by atoms with Crippen LogP contribution in [0.15, 0.2) is 0 Å². The predicted molar refractivity (Wildman–Crippen MR) is 91.8 cm³/mol. The molecule has 1 aromatic rings. The SMILES string of the molecule is CCCCCCCC(CCc1c(C)nn(C)c1C)NCC. The highest BCUT2D eigenvalue weighted by atomic mass is 15.3. The number of hydrogen-bond donors (Lipinski definition) is 1. The average Bonchev–Trinajstić information content (AvgIpc) is 2.69. The number of aromatic nitrogens is 2. The maximum absolute atomic E-state index is 4.53. The molecule has 0 spiro atoms. The lowest BCUT2D eigenvalue weighted by atomic mass is 9.99. The number of rotatable bonds is 11. The Hall–Kier alpha value is -0.830. The number of aryl methyl sites for hydroxylation is 2. The molecule has 0 saturated carbocycles. The van der Waals surface area contributed by atoms with Crippen molar-refractivity contribution in [3.63, 3.8) is 0 Å². The molecule has 1 unspecified atom stereocenters. The molecule has 0 aliphatic carbocycles. The zero-order valence-corrected chi connectivity index (χ0v) is 14.8. The van der Waals surface area contributed by atoms with Gasteiger partial charge in [0.05, 0.1) is 5.69 Å². The van der Waals surface area contributed by atoms with Crippen molar-refractivity contribution in [2.75, 3.05) is 6.54 Å². The van der Waals surface area contributed by atoms with Gasteiger partial charge in [0.25, 0.3) is 0 Å². The van der Waals surface area contributed by atoms with Gasteiger partial charge in [-0.3, -0.25) is 4.68 Å². The van der Waals surface area contributed by atoms with Crippen LogP contribution in [0.1, 0.15) is 75.7 Å². The quantitative estimate of drug-likeness (QED) is 0.616. The lowest BCUT2D eigenvalue weighted by molar-refractivity contribution is 0.439. The van der Waals surface area contributed by atoms with Gasteiger partial charge in [-0.15, -0.1) is 0 Å². The minimum absolute atomic E-state index is 0.663. The second-order valence-corrected chi connectivity index (χ2v) is 6.27. The predicted octanol–water partition coefficient (Wildman–Crippen LogP) is 4.31. The van der Waals surface area contributed by atoms with Crippen molar-refractivity contribution in [3.8, 4) is 0 Å². The number of nitrogens with zero attached hydrogens (tertiary/aromatic N) is 2. The molecule has 1 N–H and O–H groups in total. The molecule has 1 atom stereocenters. The van der Waals surface area contributed by atoms with Crippen LogP contribution >= 0.6 is 0 Å². The van der Waals surface area contributed by atoms with Crippen LogP contribution in [0.25, 0.3) is 0 Å². The molecule has 3 nitrogen and oxygen atoms in total. The molecule has 0 fully saturated rings. The van der Waals surface area contributed by atoms with Gasteiger partial charge in [0.1, 0.15) is 0 Å². The first-order chi connectivity index (χ1) is 10.1. The fourth-order valence-electron chi connectivity index (χ4n) is 3.13. The van der Waals surface area contributed by atoms with Crippen molar-refractivity contribution in [1.82, 2.24) is 15.1 Å². The minimum atomic E-state index is 0.663. The Morgan fingerprint density at radius 2 is 1.76 bits per heavy atom. The van der Waals surface area contributed by atoms with E-state index < -0.39 is 0 Å². The lowest BCUT2D eigenvalue weighted by Crippen LogP contribution is -2.29. The molecule has 0 amide bonds. The average molecular weight is 293 g/mol. The van der Waals surface area contributed by atoms with Crippen LogP contribution in [0.3, 0.4) is 0 Å². The van der Waals surface area contributed by atoms with E-state index in [0.717, 1.165) is 13.0 Å². The Kier molecular flexibility index (Phi) is 8.67. The fourth-order valence-corrected chi connectivity index (χ4v) is 3.13. The summed E-state index contributed by atoms with van der Waals surface area (Å²) in [5.41, 5.74) is 3.98. The van der Waals surface area contributed by atoms with Crippen molar-refractivity contribution in [2.45, 2.75) is 85.1 Å². The van der Waals surface area contributed by atoms with Gasteiger partial charge in [0.15, 0.2) is 0 Å². The summed E-state index contributed by atoms with van der Waals surface area (Å²) < 4.78 is 2.01. The maximum atomic E-state index is 4.53. The van der Waals surface area contributed by atoms with Crippen molar-refractivity contribution < 1.29 is 0 Å². The van der Waals surface area contributed by atoms with Crippen LogP contribution in [0, 0.1) is 13.8 Å². The first-order valence-electron chi connectivity index (χ1n) is 8.82. The van der Waals surface area contributed by atoms with E-state index in [9.17, 15) is 0 Å². The van der Waals surface area contributed by atoms with Crippen LogP contribution in [0.4, 0.5) is 0 Å². The van der Waals surface area contributed by atoms with Crippen LogP contribution in [-0.2, 0) is 13.5 Å². The van der Waals surface area contributed by atoms with Gasteiger partial charge in [0, 0.05) is 18.8 Å². The largest absolute Gasteiger partial charge is 0.314 e. The second-order valence-electron chi connectivity index (χ2n) is 6.27. The summed E-state index contributed by atoms with van der Waals surface area (Å²) in [7, 11) is 2.04. The van der Waals surface area contributed by atoms with Crippen molar-refractivity contribution in [3.05, 3.63) is 17.0 Å². The Morgan fingerprint density at radius 3 is 2.33 bits per heavy atom. The number of unbranched alkanes of at least 4 members (excludes halogenated alkanes) is 4. The van der Waals surface area contributed by atoms with E-state index in [1.165, 1.54) is 61.9 Å². The summed E-state index contributed by atoms with van der Waals surface area (Å²) in [6.07, 6.45) is 10.6. The summed E-state index contributed by atoms with van der Waals surface area (Å²) in [5, 5.41) is 8.19. The number of nitrogens with one attached hydrogen (secondary N) is 1. The molecule has 21 heavy (non-hydrogen) atoms. The third-order valence-electron chi connectivity index (χ3n) is 4.55. The van der Waals surface area contributed by atoms with Crippen LogP contribution < -0.4 is 5.32 Å². The molecule has 0 aliphatic heterocycles. The molecule has 3 heteroatoms. The van der Waals surface area contributed by atoms with E-state index in [0.29, 0.717) is 6.04 Å². The summed E-state index contributed by atoms with van der Waals surface area (Å²) in [6.45, 7) is 9.88. The van der Waals surface area contributed by atoms with Gasteiger partial charge in [-0.2, -0.15) is 5.10 Å². The van der Waals surface area contributed by atoms with E-state index in [-0.39, 0.29) is 0 Å². The van der Waals surface area contributed by atoms with Crippen molar-refractivity contribution in [2.24, 2.45) is 7.05 Å². The normalized spacial score (nSPS) is 12.8. The molecule has 1 rings (SSSR count). The van der Waals surface area contributed by atoms with E-state index in [4.69, 9.17) is 0 Å². The summed E-state index contributed by atoms with van der Waals surface area (Å²) in [4.78, 5) is 0. The first-order valence-corrected chi connectivity index (χ1v) is 8.82. The highest BCUT2D eigenvalue weighted by molar-refractivity contribution is 5.24. The van der Waals surface area contributed by atoms with Gasteiger partial charge < -0.3 is 5.32 Å². The standard InChI is InChI=1S/C18H35N3/c1-6-8-9-10-11-12-17(19-7-2)13-14-18-15(3)20-21(5)16(18)4/h17,19H,6-14H2,1-5H3. The highest BCUT2D eigenvalue weighted by Gasteiger charge is 2.12. The summed E-state index contributed by atoms with van der Waals surface area (Å²) in [6, 6.07) is 0.663. The van der Waals surface area contributed by atoms with E-state index in [2.05, 4.69) is 38.1 Å². The maximum Gasteiger partial charge on any atom is 0.0628 e. The van der Waals surface area contributed by atoms with E-state index >= 15 is 0 Å². The topological polar surface area (TPSA) is 29.9 Å². The molecule has 0 saturated heterocycles. The Labute approximate surface area is 131 Å². The molecule has 0 bridgehead atoms. The Balaban J connectivity index is 2.39. The zero-order chi connectivity index (χ0) is 15.7. The van der Waals surface area contributed by atoms with Crippen LogP contribution in [0.5, 0.6) is 0 Å². The molecular formula is C18H35N3. The molecule has 0 aromatic carbocycles. The van der Waals surface area contributed by atoms with Gasteiger partial charge in [-0.1, -0.05) is 46.0 Å². The Morgan fingerprint density at radius 1 is 1.05 bits per heavy atom.